The minimum Gasteiger partial charge on any atom is -0.322 e. The van der Waals surface area contributed by atoms with Crippen LogP contribution in [-0.2, 0) is 6.54 Å². The second-order valence-electron chi connectivity index (χ2n) is 7.54. The minimum atomic E-state index is -0.972. The van der Waals surface area contributed by atoms with Gasteiger partial charge in [0.2, 0.25) is 0 Å². The van der Waals surface area contributed by atoms with E-state index in [2.05, 4.69) is 5.32 Å². The SMILES string of the molecule is O=C(Nc1ccc(N2CCCN(Cc3ccc(F)cc3F)C2=O)cc1)c1c(F)cccc1F. The van der Waals surface area contributed by atoms with Crippen molar-refractivity contribution in [2.45, 2.75) is 13.0 Å². The molecule has 1 saturated heterocycles. The molecule has 0 saturated carbocycles. The standard InChI is InChI=1S/C24H19F4N3O2/c25-16-6-5-15(21(28)13-16)14-30-11-2-12-31(24(30)33)18-9-7-17(8-10-18)29-23(32)22-19(26)3-1-4-20(22)27/h1,3-10,13H,2,11-12,14H2,(H,29,32). The van der Waals surface area contributed by atoms with Gasteiger partial charge in [-0.25, -0.2) is 22.4 Å². The normalized spacial score (nSPS) is 13.9. The van der Waals surface area contributed by atoms with Gasteiger partial charge in [-0.3, -0.25) is 9.69 Å². The summed E-state index contributed by atoms with van der Waals surface area (Å²) in [6.07, 6.45) is 0.638. The molecule has 4 rings (SSSR count). The van der Waals surface area contributed by atoms with Crippen LogP contribution in [0.2, 0.25) is 0 Å². The predicted molar refractivity (Wildman–Crippen MR) is 115 cm³/mol. The number of amides is 3. The molecule has 0 aliphatic carbocycles. The third kappa shape index (κ3) is 4.82. The van der Waals surface area contributed by atoms with Gasteiger partial charge < -0.3 is 10.2 Å². The number of rotatable bonds is 5. The molecule has 0 radical (unpaired) electrons. The number of halogens is 4. The molecule has 0 bridgehead atoms. The number of carbonyl (C=O) groups excluding carboxylic acids is 2. The number of nitrogens with zero attached hydrogens (tertiary/aromatic N) is 2. The fourth-order valence-corrected chi connectivity index (χ4v) is 3.66. The molecule has 3 aromatic carbocycles. The van der Waals surface area contributed by atoms with E-state index in [9.17, 15) is 27.2 Å². The zero-order valence-electron chi connectivity index (χ0n) is 17.3. The molecule has 1 aliphatic heterocycles. The summed E-state index contributed by atoms with van der Waals surface area (Å²) < 4.78 is 54.7. The lowest BCUT2D eigenvalue weighted by Gasteiger charge is -2.35. The molecule has 33 heavy (non-hydrogen) atoms. The van der Waals surface area contributed by atoms with Crippen molar-refractivity contribution in [2.24, 2.45) is 0 Å². The molecule has 0 spiro atoms. The Balaban J connectivity index is 1.45. The van der Waals surface area contributed by atoms with Gasteiger partial charge in [0, 0.05) is 36.1 Å². The molecule has 0 unspecified atom stereocenters. The lowest BCUT2D eigenvalue weighted by molar-refractivity contribution is 0.101. The van der Waals surface area contributed by atoms with E-state index >= 15 is 0 Å². The molecule has 1 heterocycles. The van der Waals surface area contributed by atoms with Crippen molar-refractivity contribution in [2.75, 3.05) is 23.3 Å². The van der Waals surface area contributed by atoms with Crippen LogP contribution in [0.1, 0.15) is 22.3 Å². The summed E-state index contributed by atoms with van der Waals surface area (Å²) in [5.74, 6) is -4.28. The lowest BCUT2D eigenvalue weighted by atomic mass is 10.1. The molecule has 0 atom stereocenters. The molecule has 1 fully saturated rings. The zero-order valence-corrected chi connectivity index (χ0v) is 17.3. The maximum Gasteiger partial charge on any atom is 0.324 e. The molecular formula is C24H19F4N3O2. The Kier molecular flexibility index (Phi) is 6.30. The molecule has 1 aliphatic rings. The summed E-state index contributed by atoms with van der Waals surface area (Å²) in [5.41, 5.74) is 0.363. The Bertz CT molecular complexity index is 1180. The topological polar surface area (TPSA) is 52.7 Å². The maximum absolute atomic E-state index is 14.0. The monoisotopic (exact) mass is 457 g/mol. The van der Waals surface area contributed by atoms with Crippen LogP contribution < -0.4 is 10.2 Å². The van der Waals surface area contributed by atoms with Crippen molar-refractivity contribution in [1.82, 2.24) is 4.90 Å². The second-order valence-corrected chi connectivity index (χ2v) is 7.54. The average molecular weight is 457 g/mol. The van der Waals surface area contributed by atoms with E-state index in [0.717, 1.165) is 24.3 Å². The first-order chi connectivity index (χ1) is 15.8. The quantitative estimate of drug-likeness (QED) is 0.527. The van der Waals surface area contributed by atoms with Crippen molar-refractivity contribution < 1.29 is 27.2 Å². The number of anilines is 2. The van der Waals surface area contributed by atoms with Gasteiger partial charge in [0.25, 0.3) is 5.91 Å². The van der Waals surface area contributed by atoms with Crippen molar-refractivity contribution in [3.05, 3.63) is 95.1 Å². The van der Waals surface area contributed by atoms with Gasteiger partial charge in [0.15, 0.2) is 0 Å². The number of hydrogen-bond acceptors (Lipinski definition) is 2. The number of nitrogens with one attached hydrogen (secondary N) is 1. The van der Waals surface area contributed by atoms with E-state index in [4.69, 9.17) is 0 Å². The van der Waals surface area contributed by atoms with E-state index < -0.39 is 34.7 Å². The van der Waals surface area contributed by atoms with Crippen molar-refractivity contribution in [3.8, 4) is 0 Å². The van der Waals surface area contributed by atoms with Crippen LogP contribution in [0.4, 0.5) is 33.7 Å². The summed E-state index contributed by atoms with van der Waals surface area (Å²) in [4.78, 5) is 28.2. The highest BCUT2D eigenvalue weighted by Gasteiger charge is 2.27. The third-order valence-electron chi connectivity index (χ3n) is 5.31. The fourth-order valence-electron chi connectivity index (χ4n) is 3.66. The number of benzene rings is 3. The number of carbonyl (C=O) groups is 2. The fraction of sp³-hybridized carbons (Fsp3) is 0.167. The van der Waals surface area contributed by atoms with E-state index in [-0.39, 0.29) is 18.1 Å². The van der Waals surface area contributed by atoms with Gasteiger partial charge >= 0.3 is 6.03 Å². The van der Waals surface area contributed by atoms with Gasteiger partial charge in [-0.2, -0.15) is 0 Å². The smallest absolute Gasteiger partial charge is 0.322 e. The molecular weight excluding hydrogens is 438 g/mol. The predicted octanol–water partition coefficient (Wildman–Crippen LogP) is 5.33. The van der Waals surface area contributed by atoms with Crippen molar-refractivity contribution in [3.63, 3.8) is 0 Å². The minimum absolute atomic E-state index is 0.00376. The Morgan fingerprint density at radius 3 is 2.24 bits per heavy atom. The molecule has 5 nitrogen and oxygen atoms in total. The van der Waals surface area contributed by atoms with Crippen LogP contribution in [-0.4, -0.2) is 29.9 Å². The number of urea groups is 1. The van der Waals surface area contributed by atoms with Crippen molar-refractivity contribution >= 4 is 23.3 Å². The van der Waals surface area contributed by atoms with E-state index in [1.807, 2.05) is 0 Å². The molecule has 3 amide bonds. The average Bonchev–Trinajstić information content (AvgIpc) is 2.77. The van der Waals surface area contributed by atoms with E-state index in [1.165, 1.54) is 34.1 Å². The largest absolute Gasteiger partial charge is 0.324 e. The molecule has 1 N–H and O–H groups in total. The van der Waals surface area contributed by atoms with Crippen LogP contribution in [0, 0.1) is 23.3 Å². The molecule has 9 heteroatoms. The first-order valence-electron chi connectivity index (χ1n) is 10.2. The van der Waals surface area contributed by atoms with E-state index in [1.54, 1.807) is 12.1 Å². The molecule has 170 valence electrons. The molecule has 0 aromatic heterocycles. The highest BCUT2D eigenvalue weighted by molar-refractivity contribution is 6.04. The van der Waals surface area contributed by atoms with Crippen molar-refractivity contribution in [1.29, 1.82) is 0 Å². The Morgan fingerprint density at radius 2 is 1.58 bits per heavy atom. The van der Waals surface area contributed by atoms with Crippen LogP contribution >= 0.6 is 0 Å². The second kappa shape index (κ2) is 9.32. The van der Waals surface area contributed by atoms with Crippen LogP contribution in [0.3, 0.4) is 0 Å². The Labute approximate surface area is 187 Å². The third-order valence-corrected chi connectivity index (χ3v) is 5.31. The van der Waals surface area contributed by atoms with Crippen LogP contribution in [0.25, 0.3) is 0 Å². The number of hydrogen-bond donors (Lipinski definition) is 1. The summed E-state index contributed by atoms with van der Waals surface area (Å²) in [5, 5.41) is 2.43. The maximum atomic E-state index is 14.0. The first-order valence-corrected chi connectivity index (χ1v) is 10.2. The van der Waals surface area contributed by atoms with Gasteiger partial charge in [-0.1, -0.05) is 12.1 Å². The summed E-state index contributed by atoms with van der Waals surface area (Å²) in [6.45, 7) is 0.867. The summed E-state index contributed by atoms with van der Waals surface area (Å²) in [7, 11) is 0. The van der Waals surface area contributed by atoms with Gasteiger partial charge in [-0.05, 0) is 48.9 Å². The highest BCUT2D eigenvalue weighted by atomic mass is 19.1. The zero-order chi connectivity index (χ0) is 23.5. The summed E-state index contributed by atoms with van der Waals surface area (Å²) in [6, 6.07) is 12.3. The van der Waals surface area contributed by atoms with Crippen LogP contribution in [0.5, 0.6) is 0 Å². The first kappa shape index (κ1) is 22.3. The summed E-state index contributed by atoms with van der Waals surface area (Å²) >= 11 is 0. The van der Waals surface area contributed by atoms with Gasteiger partial charge in [-0.15, -0.1) is 0 Å². The Morgan fingerprint density at radius 1 is 0.879 bits per heavy atom. The van der Waals surface area contributed by atoms with Crippen LogP contribution in [0.15, 0.2) is 60.7 Å². The highest BCUT2D eigenvalue weighted by Crippen LogP contribution is 2.24. The van der Waals surface area contributed by atoms with E-state index in [0.29, 0.717) is 30.9 Å². The Hall–Kier alpha value is -3.88. The van der Waals surface area contributed by atoms with Gasteiger partial charge in [0.1, 0.15) is 28.8 Å². The molecule has 3 aromatic rings. The van der Waals surface area contributed by atoms with Gasteiger partial charge in [0.05, 0.1) is 6.54 Å². The lowest BCUT2D eigenvalue weighted by Crippen LogP contribution is -2.49.